The molecule has 2 N–H and O–H groups in total. The lowest BCUT2D eigenvalue weighted by atomic mass is 10.2. The number of halogens is 1. The lowest BCUT2D eigenvalue weighted by molar-refractivity contribution is 0.527. The third-order valence-corrected chi connectivity index (χ3v) is 4.18. The van der Waals surface area contributed by atoms with Crippen molar-refractivity contribution in [3.63, 3.8) is 0 Å². The first kappa shape index (κ1) is 15.3. The standard InChI is InChI=1S/C14H16FN3O2S/c1-18(2)21(19,20)17-13-8-6-12(7-9-13)16-14-5-3-4-11(15)10-14/h3-10,16-17H,1-2H3. The molecule has 0 bridgehead atoms. The number of anilines is 3. The van der Waals surface area contributed by atoms with E-state index in [-0.39, 0.29) is 5.82 Å². The topological polar surface area (TPSA) is 61.4 Å². The lowest BCUT2D eigenvalue weighted by Gasteiger charge is -2.14. The van der Waals surface area contributed by atoms with Crippen LogP contribution in [0.2, 0.25) is 0 Å². The third-order valence-electron chi connectivity index (χ3n) is 2.73. The summed E-state index contributed by atoms with van der Waals surface area (Å²) in [6.07, 6.45) is 0. The van der Waals surface area contributed by atoms with E-state index < -0.39 is 10.2 Å². The second-order valence-electron chi connectivity index (χ2n) is 4.60. The summed E-state index contributed by atoms with van der Waals surface area (Å²) in [5, 5.41) is 3.03. The molecule has 2 rings (SSSR count). The highest BCUT2D eigenvalue weighted by Gasteiger charge is 2.12. The maximum absolute atomic E-state index is 13.1. The number of nitrogens with zero attached hydrogens (tertiary/aromatic N) is 1. The Morgan fingerprint density at radius 3 is 2.14 bits per heavy atom. The monoisotopic (exact) mass is 309 g/mol. The predicted octanol–water partition coefficient (Wildman–Crippen LogP) is 2.79. The fourth-order valence-corrected chi connectivity index (χ4v) is 2.21. The largest absolute Gasteiger partial charge is 0.355 e. The van der Waals surface area contributed by atoms with Crippen LogP contribution in [-0.2, 0) is 10.2 Å². The van der Waals surface area contributed by atoms with Crippen molar-refractivity contribution in [2.24, 2.45) is 0 Å². The molecule has 0 fully saturated rings. The smallest absolute Gasteiger partial charge is 0.301 e. The first-order valence-corrected chi connectivity index (χ1v) is 7.64. The van der Waals surface area contributed by atoms with Crippen LogP contribution in [0.1, 0.15) is 0 Å². The average Bonchev–Trinajstić information content (AvgIpc) is 2.40. The van der Waals surface area contributed by atoms with Gasteiger partial charge in [-0.05, 0) is 42.5 Å². The van der Waals surface area contributed by atoms with Gasteiger partial charge in [-0.15, -0.1) is 0 Å². The SMILES string of the molecule is CN(C)S(=O)(=O)Nc1ccc(Nc2cccc(F)c2)cc1. The molecule has 0 atom stereocenters. The Morgan fingerprint density at radius 1 is 0.952 bits per heavy atom. The molecule has 2 aromatic carbocycles. The highest BCUT2D eigenvalue weighted by Crippen LogP contribution is 2.20. The zero-order chi connectivity index (χ0) is 15.5. The second-order valence-corrected chi connectivity index (χ2v) is 6.49. The summed E-state index contributed by atoms with van der Waals surface area (Å²) >= 11 is 0. The number of hydrogen-bond donors (Lipinski definition) is 2. The van der Waals surface area contributed by atoms with Crippen LogP contribution in [0.4, 0.5) is 21.5 Å². The number of hydrogen-bond acceptors (Lipinski definition) is 3. The first-order chi connectivity index (χ1) is 9.87. The van der Waals surface area contributed by atoms with Gasteiger partial charge in [-0.25, -0.2) is 4.39 Å². The van der Waals surface area contributed by atoms with Crippen LogP contribution in [0.15, 0.2) is 48.5 Å². The van der Waals surface area contributed by atoms with Gasteiger partial charge in [-0.2, -0.15) is 12.7 Å². The molecular formula is C14H16FN3O2S. The van der Waals surface area contributed by atoms with E-state index in [0.29, 0.717) is 11.4 Å². The van der Waals surface area contributed by atoms with E-state index in [9.17, 15) is 12.8 Å². The summed E-state index contributed by atoms with van der Waals surface area (Å²) in [6, 6.07) is 12.8. The fraction of sp³-hybridized carbons (Fsp3) is 0.143. The molecule has 2 aromatic rings. The van der Waals surface area contributed by atoms with Gasteiger partial charge in [-0.1, -0.05) is 6.07 Å². The molecule has 0 aliphatic heterocycles. The van der Waals surface area contributed by atoms with Gasteiger partial charge in [-0.3, -0.25) is 4.72 Å². The normalized spacial score (nSPS) is 11.4. The summed E-state index contributed by atoms with van der Waals surface area (Å²) in [7, 11) is -0.622. The van der Waals surface area contributed by atoms with Crippen LogP contribution in [0.5, 0.6) is 0 Å². The van der Waals surface area contributed by atoms with E-state index in [1.54, 1.807) is 36.4 Å². The summed E-state index contributed by atoms with van der Waals surface area (Å²) in [5.74, 6) is -0.324. The first-order valence-electron chi connectivity index (χ1n) is 6.20. The van der Waals surface area contributed by atoms with E-state index in [1.807, 2.05) is 0 Å². The minimum Gasteiger partial charge on any atom is -0.355 e. The van der Waals surface area contributed by atoms with Crippen molar-refractivity contribution in [1.29, 1.82) is 0 Å². The van der Waals surface area contributed by atoms with Gasteiger partial charge < -0.3 is 5.32 Å². The Balaban J connectivity index is 2.09. The molecule has 0 heterocycles. The van der Waals surface area contributed by atoms with Crippen molar-refractivity contribution in [2.75, 3.05) is 24.1 Å². The van der Waals surface area contributed by atoms with Crippen molar-refractivity contribution in [2.45, 2.75) is 0 Å². The highest BCUT2D eigenvalue weighted by atomic mass is 32.2. The number of rotatable bonds is 5. The molecule has 0 saturated heterocycles. The third kappa shape index (κ3) is 4.17. The molecule has 0 aliphatic rings. The quantitative estimate of drug-likeness (QED) is 0.893. The van der Waals surface area contributed by atoms with E-state index in [2.05, 4.69) is 10.0 Å². The summed E-state index contributed by atoms with van der Waals surface area (Å²) < 4.78 is 39.9. The van der Waals surface area contributed by atoms with E-state index >= 15 is 0 Å². The van der Waals surface area contributed by atoms with Gasteiger partial charge in [0, 0.05) is 31.2 Å². The van der Waals surface area contributed by atoms with Crippen molar-refractivity contribution in [1.82, 2.24) is 4.31 Å². The maximum atomic E-state index is 13.1. The molecule has 0 unspecified atom stereocenters. The number of nitrogens with one attached hydrogen (secondary N) is 2. The van der Waals surface area contributed by atoms with Crippen LogP contribution in [0.25, 0.3) is 0 Å². The minimum atomic E-state index is -3.52. The second kappa shape index (κ2) is 6.11. The van der Waals surface area contributed by atoms with E-state index in [0.717, 1.165) is 9.99 Å². The Labute approximate surface area is 123 Å². The van der Waals surface area contributed by atoms with Gasteiger partial charge in [0.15, 0.2) is 0 Å². The molecule has 0 amide bonds. The minimum absolute atomic E-state index is 0.324. The van der Waals surface area contributed by atoms with E-state index in [1.165, 1.54) is 26.2 Å². The molecule has 21 heavy (non-hydrogen) atoms. The van der Waals surface area contributed by atoms with Crippen molar-refractivity contribution in [3.05, 3.63) is 54.3 Å². The molecule has 5 nitrogen and oxygen atoms in total. The van der Waals surface area contributed by atoms with Crippen LogP contribution in [0, 0.1) is 5.82 Å². The summed E-state index contributed by atoms with van der Waals surface area (Å²) in [6.45, 7) is 0. The average molecular weight is 309 g/mol. The lowest BCUT2D eigenvalue weighted by Crippen LogP contribution is -2.28. The van der Waals surface area contributed by atoms with Gasteiger partial charge in [0.25, 0.3) is 0 Å². The fourth-order valence-electron chi connectivity index (χ4n) is 1.59. The van der Waals surface area contributed by atoms with Gasteiger partial charge in [0.2, 0.25) is 0 Å². The molecular weight excluding hydrogens is 293 g/mol. The van der Waals surface area contributed by atoms with Crippen LogP contribution >= 0.6 is 0 Å². The Kier molecular flexibility index (Phi) is 4.44. The van der Waals surface area contributed by atoms with Crippen LogP contribution in [-0.4, -0.2) is 26.8 Å². The molecule has 7 heteroatoms. The summed E-state index contributed by atoms with van der Waals surface area (Å²) in [5.41, 5.74) is 1.80. The van der Waals surface area contributed by atoms with Gasteiger partial charge in [0.1, 0.15) is 5.82 Å². The maximum Gasteiger partial charge on any atom is 0.301 e. The Hall–Kier alpha value is -2.12. The molecule has 0 saturated carbocycles. The Bertz CT molecular complexity index is 715. The molecule has 0 spiro atoms. The molecule has 0 radical (unpaired) electrons. The predicted molar refractivity (Wildman–Crippen MR) is 82.4 cm³/mol. The van der Waals surface area contributed by atoms with Crippen molar-refractivity contribution < 1.29 is 12.8 Å². The zero-order valence-electron chi connectivity index (χ0n) is 11.7. The Morgan fingerprint density at radius 2 is 1.57 bits per heavy atom. The summed E-state index contributed by atoms with van der Waals surface area (Å²) in [4.78, 5) is 0. The van der Waals surface area contributed by atoms with Crippen molar-refractivity contribution >= 4 is 27.3 Å². The van der Waals surface area contributed by atoms with Gasteiger partial charge in [0.05, 0.1) is 0 Å². The molecule has 0 aromatic heterocycles. The van der Waals surface area contributed by atoms with E-state index in [4.69, 9.17) is 0 Å². The van der Waals surface area contributed by atoms with Crippen molar-refractivity contribution in [3.8, 4) is 0 Å². The molecule has 0 aliphatic carbocycles. The molecule has 112 valence electrons. The van der Waals surface area contributed by atoms with Crippen LogP contribution in [0.3, 0.4) is 0 Å². The highest BCUT2D eigenvalue weighted by molar-refractivity contribution is 7.90. The zero-order valence-corrected chi connectivity index (χ0v) is 12.5. The van der Waals surface area contributed by atoms with Crippen LogP contribution < -0.4 is 10.0 Å². The number of benzene rings is 2. The van der Waals surface area contributed by atoms with Gasteiger partial charge >= 0.3 is 10.2 Å².